The molecule has 6 bridgehead atoms. The van der Waals surface area contributed by atoms with Crippen molar-refractivity contribution in [2.45, 2.75) is 30.2 Å². The molecule has 6 atom stereocenters. The lowest BCUT2D eigenvalue weighted by molar-refractivity contribution is -0.116. The van der Waals surface area contributed by atoms with Crippen LogP contribution in [0.2, 0.25) is 0 Å². The van der Waals surface area contributed by atoms with Crippen LogP contribution in [0.15, 0.2) is 43.1 Å². The van der Waals surface area contributed by atoms with E-state index in [9.17, 15) is 14.3 Å². The molecular weight excluding hydrogens is 429 g/mol. The lowest BCUT2D eigenvalue weighted by Crippen LogP contribution is -2.45. The van der Waals surface area contributed by atoms with Crippen LogP contribution >= 0.6 is 11.8 Å². The van der Waals surface area contributed by atoms with E-state index in [0.717, 1.165) is 30.3 Å². The number of aromatic nitrogens is 2. The summed E-state index contributed by atoms with van der Waals surface area (Å²) in [6.07, 6.45) is 3.88. The number of nitrogens with one attached hydrogen (secondary N) is 3. The minimum Gasteiger partial charge on any atom is -0.388 e. The Morgan fingerprint density at radius 1 is 1.41 bits per heavy atom. The highest BCUT2D eigenvalue weighted by Gasteiger charge is 2.53. The molecule has 9 heteroatoms. The number of halogens is 1. The van der Waals surface area contributed by atoms with Crippen molar-refractivity contribution >= 4 is 35.1 Å². The Bertz CT molecular complexity index is 1040. The zero-order valence-corrected chi connectivity index (χ0v) is 18.3. The summed E-state index contributed by atoms with van der Waals surface area (Å²) in [7, 11) is 0. The molecule has 1 aliphatic heterocycles. The molecule has 7 nitrogen and oxygen atoms in total. The summed E-state index contributed by atoms with van der Waals surface area (Å²) in [4.78, 5) is 20.2. The number of rotatable bonds is 3. The molecule has 0 radical (unpaired) electrons. The van der Waals surface area contributed by atoms with Crippen LogP contribution in [0.25, 0.3) is 0 Å². The van der Waals surface area contributed by atoms with E-state index in [-0.39, 0.29) is 29.6 Å². The van der Waals surface area contributed by atoms with Crippen LogP contribution in [0.5, 0.6) is 0 Å². The Kier molecular flexibility index (Phi) is 5.77. The van der Waals surface area contributed by atoms with Crippen LogP contribution < -0.4 is 16.0 Å². The number of aliphatic hydroxyl groups excluding tert-OH is 1. The summed E-state index contributed by atoms with van der Waals surface area (Å²) in [5.74, 6) is 1.20. The topological polar surface area (TPSA) is 99.2 Å². The Balaban J connectivity index is 1.48. The normalized spacial score (nSPS) is 30.6. The third kappa shape index (κ3) is 4.06. The number of aliphatic hydroxyl groups is 1. The molecule has 1 aromatic heterocycles. The minimum absolute atomic E-state index is 0.0356. The van der Waals surface area contributed by atoms with Crippen molar-refractivity contribution < 1.29 is 14.3 Å². The average Bonchev–Trinajstić information content (AvgIpc) is 3.36. The van der Waals surface area contributed by atoms with Gasteiger partial charge in [0.25, 0.3) is 0 Å². The highest BCUT2D eigenvalue weighted by Crippen LogP contribution is 2.53. The van der Waals surface area contributed by atoms with Crippen LogP contribution in [0, 0.1) is 23.6 Å². The maximum atomic E-state index is 14.7. The number of benzene rings is 1. The Hall–Kier alpha value is -2.65. The van der Waals surface area contributed by atoms with Crippen molar-refractivity contribution in [2.24, 2.45) is 17.8 Å². The largest absolute Gasteiger partial charge is 0.388 e. The summed E-state index contributed by atoms with van der Waals surface area (Å²) < 4.78 is 14.7. The lowest BCUT2D eigenvalue weighted by Gasteiger charge is -2.37. The number of hydrogen-bond donors (Lipinski definition) is 4. The molecule has 2 fully saturated rings. The van der Waals surface area contributed by atoms with Gasteiger partial charge in [-0.2, -0.15) is 16.7 Å². The highest BCUT2D eigenvalue weighted by atomic mass is 32.2. The quantitative estimate of drug-likeness (QED) is 0.528. The van der Waals surface area contributed by atoms with E-state index in [1.165, 1.54) is 6.08 Å². The van der Waals surface area contributed by atoms with Gasteiger partial charge in [-0.1, -0.05) is 18.7 Å². The van der Waals surface area contributed by atoms with Crippen LogP contribution in [0.1, 0.15) is 24.5 Å². The van der Waals surface area contributed by atoms with E-state index in [4.69, 9.17) is 0 Å². The molecule has 168 valence electrons. The van der Waals surface area contributed by atoms with Crippen LogP contribution in [0.4, 0.5) is 21.8 Å². The minimum atomic E-state index is -0.581. The first-order valence-electron chi connectivity index (χ1n) is 10.9. The molecule has 0 spiro atoms. The fourth-order valence-electron chi connectivity index (χ4n) is 5.35. The van der Waals surface area contributed by atoms with Crippen molar-refractivity contribution in [2.75, 3.05) is 22.9 Å². The van der Waals surface area contributed by atoms with Gasteiger partial charge in [0.2, 0.25) is 11.9 Å². The van der Waals surface area contributed by atoms with E-state index >= 15 is 0 Å². The van der Waals surface area contributed by atoms with Gasteiger partial charge in [0.15, 0.2) is 11.6 Å². The Morgan fingerprint density at radius 3 is 3.12 bits per heavy atom. The molecule has 2 aromatic rings. The Labute approximate surface area is 190 Å². The molecule has 2 saturated carbocycles. The molecule has 2 heterocycles. The standard InChI is InChI=1S/C23H26FN5O2S/c1-2-20(31)25-9-16-13-7-15-19(8-13)32-11-18(30)12-4-3-5-14(6-12)27-23-26-10-17(24)22(29-23)28-21(15)16/h2-6,10,13,15-16,18-19,21,30H,1,7-9,11H2,(H,25,31)(H2,26,27,28,29). The zero-order chi connectivity index (χ0) is 22.2. The van der Waals surface area contributed by atoms with E-state index in [1.54, 1.807) is 11.8 Å². The summed E-state index contributed by atoms with van der Waals surface area (Å²) in [6, 6.07) is 7.47. The van der Waals surface area contributed by atoms with Crippen molar-refractivity contribution in [1.82, 2.24) is 15.3 Å². The Morgan fingerprint density at radius 2 is 2.28 bits per heavy atom. The maximum absolute atomic E-state index is 14.7. The van der Waals surface area contributed by atoms with E-state index < -0.39 is 11.9 Å². The second kappa shape index (κ2) is 8.71. The smallest absolute Gasteiger partial charge is 0.243 e. The van der Waals surface area contributed by atoms with E-state index in [1.807, 2.05) is 24.3 Å². The predicted molar refractivity (Wildman–Crippen MR) is 123 cm³/mol. The number of nitrogens with zero attached hydrogens (tertiary/aromatic N) is 2. The molecule has 2 aliphatic carbocycles. The number of amides is 1. The first-order chi connectivity index (χ1) is 15.5. The van der Waals surface area contributed by atoms with Crippen LogP contribution in [-0.2, 0) is 4.79 Å². The van der Waals surface area contributed by atoms with Gasteiger partial charge in [-0.05, 0) is 54.4 Å². The van der Waals surface area contributed by atoms with Gasteiger partial charge in [0, 0.05) is 29.3 Å². The van der Waals surface area contributed by atoms with Gasteiger partial charge in [0.1, 0.15) is 0 Å². The number of carbonyl (C=O) groups is 1. The summed E-state index contributed by atoms with van der Waals surface area (Å²) >= 11 is 1.78. The molecule has 6 unspecified atom stereocenters. The first-order valence-corrected chi connectivity index (χ1v) is 11.9. The molecule has 1 amide bonds. The van der Waals surface area contributed by atoms with Gasteiger partial charge < -0.3 is 21.1 Å². The second-order valence-electron chi connectivity index (χ2n) is 8.71. The number of hydrogen-bond acceptors (Lipinski definition) is 7. The van der Waals surface area contributed by atoms with Gasteiger partial charge in [-0.15, -0.1) is 0 Å². The summed E-state index contributed by atoms with van der Waals surface area (Å²) in [5, 5.41) is 20.5. The van der Waals surface area contributed by atoms with Crippen LogP contribution in [0.3, 0.4) is 0 Å². The maximum Gasteiger partial charge on any atom is 0.243 e. The van der Waals surface area contributed by atoms with E-state index in [2.05, 4.69) is 32.5 Å². The van der Waals surface area contributed by atoms with Gasteiger partial charge in [0.05, 0.1) is 12.3 Å². The van der Waals surface area contributed by atoms with Crippen molar-refractivity contribution in [3.8, 4) is 0 Å². The highest BCUT2D eigenvalue weighted by molar-refractivity contribution is 7.99. The molecule has 0 saturated heterocycles. The first kappa shape index (κ1) is 21.2. The summed E-state index contributed by atoms with van der Waals surface area (Å²) in [6.45, 7) is 4.03. The van der Waals surface area contributed by atoms with Gasteiger partial charge in [-0.25, -0.2) is 9.37 Å². The molecule has 4 N–H and O–H groups in total. The zero-order valence-electron chi connectivity index (χ0n) is 17.5. The second-order valence-corrected chi connectivity index (χ2v) is 9.98. The molecule has 5 rings (SSSR count). The van der Waals surface area contributed by atoms with E-state index in [0.29, 0.717) is 29.4 Å². The predicted octanol–water partition coefficient (Wildman–Crippen LogP) is 3.25. The van der Waals surface area contributed by atoms with Gasteiger partial charge in [-0.3, -0.25) is 4.79 Å². The lowest BCUT2D eigenvalue weighted by atomic mass is 9.84. The van der Waals surface area contributed by atoms with Crippen molar-refractivity contribution in [3.05, 3.63) is 54.5 Å². The fraction of sp³-hybridized carbons (Fsp3) is 0.435. The van der Waals surface area contributed by atoms with Crippen molar-refractivity contribution in [3.63, 3.8) is 0 Å². The molecule has 1 aromatic carbocycles. The molecular formula is C23H26FN5O2S. The van der Waals surface area contributed by atoms with Crippen molar-refractivity contribution in [1.29, 1.82) is 0 Å². The monoisotopic (exact) mass is 455 g/mol. The van der Waals surface area contributed by atoms with Gasteiger partial charge >= 0.3 is 0 Å². The number of thioether (sulfide) groups is 1. The number of carbonyl (C=O) groups excluding carboxylic acids is 1. The molecule has 32 heavy (non-hydrogen) atoms. The molecule has 3 aliphatic rings. The third-order valence-corrected chi connectivity index (χ3v) is 8.33. The SMILES string of the molecule is C=CC(=O)NCC1C2CC3SCC(O)c4cccc(c4)Nc4ncc(F)c(n4)NC1C3C2. The third-order valence-electron chi connectivity index (χ3n) is 6.86. The fourth-order valence-corrected chi connectivity index (χ4v) is 6.88. The summed E-state index contributed by atoms with van der Waals surface area (Å²) in [5.41, 5.74) is 1.55. The van der Waals surface area contributed by atoms with Crippen LogP contribution in [-0.4, -0.2) is 44.6 Å². The number of fused-ring (bicyclic) bond motifs is 5. The average molecular weight is 456 g/mol. The number of anilines is 3.